The maximum atomic E-state index is 12.4. The molecule has 1 aromatic carbocycles. The second-order valence-electron chi connectivity index (χ2n) is 6.95. The first-order valence-corrected chi connectivity index (χ1v) is 8.75. The van der Waals surface area contributed by atoms with Gasteiger partial charge in [0.05, 0.1) is 5.41 Å². The smallest absolute Gasteiger partial charge is 0.233 e. The van der Waals surface area contributed by atoms with E-state index in [2.05, 4.69) is 28.2 Å². The number of halogens is 2. The van der Waals surface area contributed by atoms with Gasteiger partial charge in [-0.2, -0.15) is 0 Å². The molecule has 0 bridgehead atoms. The van der Waals surface area contributed by atoms with Crippen LogP contribution in [0.25, 0.3) is 0 Å². The van der Waals surface area contributed by atoms with Crippen LogP contribution in [0.3, 0.4) is 0 Å². The molecule has 0 radical (unpaired) electrons. The normalized spacial score (nSPS) is 27.7. The molecule has 1 N–H and O–H groups in total. The highest BCUT2D eigenvalue weighted by Gasteiger charge is 2.67. The molecule has 2 fully saturated rings. The number of nitrogens with one attached hydrogen (secondary N) is 1. The van der Waals surface area contributed by atoms with E-state index >= 15 is 0 Å². The number of benzene rings is 1. The quantitative estimate of drug-likeness (QED) is 0.843. The fourth-order valence-electron chi connectivity index (χ4n) is 2.93. The SMILES string of the molecule is CN1CCN(Cc2cccc(NC(=O)C3(C)CC3(Cl)Cl)c2)CC1. The van der Waals surface area contributed by atoms with Gasteiger partial charge in [0.1, 0.15) is 4.33 Å². The summed E-state index contributed by atoms with van der Waals surface area (Å²) < 4.78 is -0.936. The molecule has 1 amide bonds. The summed E-state index contributed by atoms with van der Waals surface area (Å²) in [6, 6.07) is 8.01. The molecule has 1 saturated carbocycles. The molecule has 1 saturated heterocycles. The van der Waals surface area contributed by atoms with Crippen LogP contribution in [-0.2, 0) is 11.3 Å². The van der Waals surface area contributed by atoms with Crippen LogP contribution < -0.4 is 5.32 Å². The zero-order valence-electron chi connectivity index (χ0n) is 13.6. The summed E-state index contributed by atoms with van der Waals surface area (Å²) in [5.41, 5.74) is 1.32. The molecule has 126 valence electrons. The van der Waals surface area contributed by atoms with Gasteiger partial charge in [0.2, 0.25) is 5.91 Å². The molecule has 1 unspecified atom stereocenters. The number of piperazine rings is 1. The van der Waals surface area contributed by atoms with E-state index in [4.69, 9.17) is 23.2 Å². The van der Waals surface area contributed by atoms with Gasteiger partial charge >= 0.3 is 0 Å². The zero-order chi connectivity index (χ0) is 16.7. The molecule has 1 heterocycles. The van der Waals surface area contributed by atoms with Gasteiger partial charge in [-0.15, -0.1) is 23.2 Å². The summed E-state index contributed by atoms with van der Waals surface area (Å²) in [4.78, 5) is 17.1. The Balaban J connectivity index is 1.61. The number of likely N-dealkylation sites (N-methyl/N-ethyl adjacent to an activating group) is 1. The lowest BCUT2D eigenvalue weighted by molar-refractivity contribution is -0.120. The number of nitrogens with zero attached hydrogens (tertiary/aromatic N) is 2. The minimum Gasteiger partial charge on any atom is -0.326 e. The van der Waals surface area contributed by atoms with Crippen molar-refractivity contribution in [1.82, 2.24) is 9.80 Å². The maximum absolute atomic E-state index is 12.4. The Morgan fingerprint density at radius 1 is 1.26 bits per heavy atom. The molecule has 6 heteroatoms. The van der Waals surface area contributed by atoms with Gasteiger partial charge in [0.25, 0.3) is 0 Å². The molecule has 0 spiro atoms. The molecule has 23 heavy (non-hydrogen) atoms. The average molecular weight is 356 g/mol. The Bertz CT molecular complexity index is 599. The predicted octanol–water partition coefficient (Wildman–Crippen LogP) is 2.96. The van der Waals surface area contributed by atoms with E-state index in [9.17, 15) is 4.79 Å². The van der Waals surface area contributed by atoms with E-state index in [1.807, 2.05) is 18.2 Å². The van der Waals surface area contributed by atoms with Crippen LogP contribution in [0.1, 0.15) is 18.9 Å². The van der Waals surface area contributed by atoms with Crippen LogP contribution in [-0.4, -0.2) is 53.3 Å². The lowest BCUT2D eigenvalue weighted by atomic mass is 10.1. The minimum absolute atomic E-state index is 0.112. The van der Waals surface area contributed by atoms with Crippen molar-refractivity contribution in [2.75, 3.05) is 38.5 Å². The topological polar surface area (TPSA) is 35.6 Å². The second-order valence-corrected chi connectivity index (χ2v) is 8.43. The van der Waals surface area contributed by atoms with Crippen LogP contribution in [0, 0.1) is 5.41 Å². The standard InChI is InChI=1S/C17H23Cl2N3O/c1-16(12-17(16,18)19)15(23)20-14-5-3-4-13(10-14)11-22-8-6-21(2)7-9-22/h3-5,10H,6-9,11-12H2,1-2H3,(H,20,23). The van der Waals surface area contributed by atoms with Crippen LogP contribution in [0.2, 0.25) is 0 Å². The van der Waals surface area contributed by atoms with E-state index < -0.39 is 9.75 Å². The highest BCUT2D eigenvalue weighted by atomic mass is 35.5. The van der Waals surface area contributed by atoms with Crippen molar-refractivity contribution in [2.45, 2.75) is 24.2 Å². The van der Waals surface area contributed by atoms with E-state index in [1.165, 1.54) is 5.56 Å². The monoisotopic (exact) mass is 355 g/mol. The van der Waals surface area contributed by atoms with E-state index in [0.29, 0.717) is 6.42 Å². The maximum Gasteiger partial charge on any atom is 0.233 e. The molecule has 0 aromatic heterocycles. The number of carbonyl (C=O) groups excluding carboxylic acids is 1. The van der Waals surface area contributed by atoms with Crippen LogP contribution in [0.5, 0.6) is 0 Å². The van der Waals surface area contributed by atoms with E-state index in [1.54, 1.807) is 6.92 Å². The summed E-state index contributed by atoms with van der Waals surface area (Å²) in [6.45, 7) is 7.06. The van der Waals surface area contributed by atoms with Crippen molar-refractivity contribution in [3.8, 4) is 0 Å². The number of carbonyl (C=O) groups is 1. The molecule has 3 rings (SSSR count). The summed E-state index contributed by atoms with van der Waals surface area (Å²) in [5, 5.41) is 2.95. The number of rotatable bonds is 4. The van der Waals surface area contributed by atoms with Crippen molar-refractivity contribution in [3.05, 3.63) is 29.8 Å². The first-order chi connectivity index (χ1) is 10.8. The minimum atomic E-state index is -0.936. The van der Waals surface area contributed by atoms with Crippen molar-refractivity contribution in [1.29, 1.82) is 0 Å². The molecule has 1 aliphatic carbocycles. The molecular formula is C17H23Cl2N3O. The zero-order valence-corrected chi connectivity index (χ0v) is 15.1. The molecule has 1 aromatic rings. The molecule has 1 aliphatic heterocycles. The highest BCUT2D eigenvalue weighted by molar-refractivity contribution is 6.53. The second kappa shape index (κ2) is 6.25. The van der Waals surface area contributed by atoms with Gasteiger partial charge in [0.15, 0.2) is 0 Å². The van der Waals surface area contributed by atoms with Gasteiger partial charge in [-0.1, -0.05) is 12.1 Å². The lowest BCUT2D eigenvalue weighted by Gasteiger charge is -2.32. The number of hydrogen-bond acceptors (Lipinski definition) is 3. The highest BCUT2D eigenvalue weighted by Crippen LogP contribution is 2.64. The number of amides is 1. The number of hydrogen-bond donors (Lipinski definition) is 1. The third kappa shape index (κ3) is 3.66. The number of anilines is 1. The summed E-state index contributed by atoms with van der Waals surface area (Å²) >= 11 is 12.2. The van der Waals surface area contributed by atoms with Crippen molar-refractivity contribution < 1.29 is 4.79 Å². The van der Waals surface area contributed by atoms with Crippen molar-refractivity contribution in [3.63, 3.8) is 0 Å². The van der Waals surface area contributed by atoms with Gasteiger partial charge < -0.3 is 10.2 Å². The Kier molecular flexibility index (Phi) is 4.62. The van der Waals surface area contributed by atoms with E-state index in [0.717, 1.165) is 38.4 Å². The predicted molar refractivity (Wildman–Crippen MR) is 95.0 cm³/mol. The third-order valence-electron chi connectivity index (χ3n) is 4.95. The summed E-state index contributed by atoms with van der Waals surface area (Å²) in [6.07, 6.45) is 0.496. The third-order valence-corrected chi connectivity index (χ3v) is 6.05. The average Bonchev–Trinajstić information content (AvgIpc) is 3.02. The number of alkyl halides is 2. The van der Waals surface area contributed by atoms with Crippen LogP contribution in [0.4, 0.5) is 5.69 Å². The first kappa shape index (κ1) is 17.0. The van der Waals surface area contributed by atoms with Crippen molar-refractivity contribution in [2.24, 2.45) is 5.41 Å². The Morgan fingerprint density at radius 3 is 2.52 bits per heavy atom. The van der Waals surface area contributed by atoms with Gasteiger partial charge in [0, 0.05) is 38.4 Å². The van der Waals surface area contributed by atoms with Crippen LogP contribution in [0.15, 0.2) is 24.3 Å². The fourth-order valence-corrected chi connectivity index (χ4v) is 3.63. The van der Waals surface area contributed by atoms with Crippen molar-refractivity contribution >= 4 is 34.8 Å². The Hall–Kier alpha value is -0.810. The summed E-state index contributed by atoms with van der Waals surface area (Å²) in [5.74, 6) is -0.112. The molecule has 2 aliphatic rings. The molecule has 1 atom stereocenters. The molecular weight excluding hydrogens is 333 g/mol. The fraction of sp³-hybridized carbons (Fsp3) is 0.588. The lowest BCUT2D eigenvalue weighted by Crippen LogP contribution is -2.43. The summed E-state index contributed by atoms with van der Waals surface area (Å²) in [7, 11) is 2.15. The Morgan fingerprint density at radius 2 is 1.91 bits per heavy atom. The Labute approximate surface area is 147 Å². The first-order valence-electron chi connectivity index (χ1n) is 7.99. The van der Waals surface area contributed by atoms with Crippen LogP contribution >= 0.6 is 23.2 Å². The van der Waals surface area contributed by atoms with E-state index in [-0.39, 0.29) is 5.91 Å². The van der Waals surface area contributed by atoms with Gasteiger partial charge in [-0.25, -0.2) is 0 Å². The van der Waals surface area contributed by atoms with Gasteiger partial charge in [-0.3, -0.25) is 9.69 Å². The van der Waals surface area contributed by atoms with Gasteiger partial charge in [-0.05, 0) is 38.1 Å². The molecule has 4 nitrogen and oxygen atoms in total. The largest absolute Gasteiger partial charge is 0.326 e.